The molecular weight excluding hydrogens is 381 g/mol. The molecule has 1 aromatic rings. The van der Waals surface area contributed by atoms with Gasteiger partial charge in [-0.1, -0.05) is 0 Å². The maximum atomic E-state index is 11.7. The number of hydrogen-bond acceptors (Lipinski definition) is 3. The molecule has 23 heavy (non-hydrogen) atoms. The number of nitrogens with one attached hydrogen (secondary N) is 1. The minimum absolute atomic E-state index is 0. The summed E-state index contributed by atoms with van der Waals surface area (Å²) in [6.45, 7) is 0.264. The SMILES string of the molecule is O=C(CCn1ccc(=O)[nH]c1=O)[C]1[CH][CH][CH][CH]1.[CH]1[CH][CH][CH][CH]1.[Ru+2]. The maximum absolute atomic E-state index is 11.7. The van der Waals surface area contributed by atoms with E-state index in [1.807, 2.05) is 32.1 Å². The van der Waals surface area contributed by atoms with Crippen LogP contribution >= 0.6 is 0 Å². The summed E-state index contributed by atoms with van der Waals surface area (Å²) < 4.78 is 1.31. The zero-order valence-electron chi connectivity index (χ0n) is 12.3. The van der Waals surface area contributed by atoms with E-state index in [1.165, 1.54) is 16.8 Å². The van der Waals surface area contributed by atoms with Crippen LogP contribution in [0.25, 0.3) is 0 Å². The minimum atomic E-state index is -0.493. The van der Waals surface area contributed by atoms with Crippen molar-refractivity contribution < 1.29 is 24.3 Å². The number of ketones is 1. The maximum Gasteiger partial charge on any atom is 2.00 e. The standard InChI is InChI=1S/C12H11N2O3.C5H5.Ru/c15-10(9-3-1-2-4-9)5-7-14-8-6-11(16)13-12(14)17;1-2-4-5-3-1;/h1-4,6,8H,5,7H2,(H,13,16,17);1-5H;/q;;+2. The average molecular weight is 397 g/mol. The number of carbonyl (C=O) groups excluding carboxylic acids is 1. The number of H-pyrrole nitrogens is 1. The quantitative estimate of drug-likeness (QED) is 0.768. The molecule has 5 nitrogen and oxygen atoms in total. The minimum Gasteiger partial charge on any atom is -0.300 e. The molecule has 2 aliphatic carbocycles. The van der Waals surface area contributed by atoms with Crippen molar-refractivity contribution >= 4 is 5.78 Å². The molecule has 0 atom stereocenters. The molecule has 0 unspecified atom stereocenters. The second kappa shape index (κ2) is 10.7. The van der Waals surface area contributed by atoms with Gasteiger partial charge in [-0.25, -0.2) is 4.79 Å². The van der Waals surface area contributed by atoms with Crippen molar-refractivity contribution in [2.75, 3.05) is 0 Å². The first-order chi connectivity index (χ1) is 10.7. The largest absolute Gasteiger partial charge is 2.00 e. The fraction of sp³-hybridized carbons (Fsp3) is 0.118. The van der Waals surface area contributed by atoms with E-state index < -0.39 is 11.2 Å². The van der Waals surface area contributed by atoms with Crippen molar-refractivity contribution in [1.82, 2.24) is 9.55 Å². The van der Waals surface area contributed by atoms with Gasteiger partial charge in [0.05, 0.1) is 0 Å². The van der Waals surface area contributed by atoms with Gasteiger partial charge in [-0.2, -0.15) is 0 Å². The van der Waals surface area contributed by atoms with Gasteiger partial charge in [-0.3, -0.25) is 14.6 Å². The van der Waals surface area contributed by atoms with Gasteiger partial charge in [0.2, 0.25) is 0 Å². The van der Waals surface area contributed by atoms with E-state index >= 15 is 0 Å². The first-order valence-corrected chi connectivity index (χ1v) is 6.88. The van der Waals surface area contributed by atoms with E-state index in [-0.39, 0.29) is 38.2 Å². The number of nitrogens with zero attached hydrogens (tertiary/aromatic N) is 1. The van der Waals surface area contributed by atoms with Crippen LogP contribution < -0.4 is 11.2 Å². The third-order valence-electron chi connectivity index (χ3n) is 3.02. The van der Waals surface area contributed by atoms with Gasteiger partial charge < -0.3 is 4.57 Å². The fourth-order valence-corrected chi connectivity index (χ4v) is 1.87. The monoisotopic (exact) mass is 398 g/mol. The summed E-state index contributed by atoms with van der Waals surface area (Å²) in [4.78, 5) is 36.0. The molecule has 10 radical (unpaired) electrons. The number of Topliss-reactive ketones (excluding diaryl/α,β-unsaturated/α-hetero) is 1. The summed E-state index contributed by atoms with van der Waals surface area (Å²) in [7, 11) is 0. The molecule has 2 saturated carbocycles. The van der Waals surface area contributed by atoms with E-state index in [1.54, 1.807) is 25.7 Å². The van der Waals surface area contributed by atoms with Gasteiger partial charge in [0.25, 0.3) is 5.56 Å². The van der Waals surface area contributed by atoms with Gasteiger partial charge in [0.1, 0.15) is 5.78 Å². The van der Waals surface area contributed by atoms with Gasteiger partial charge in [-0.05, 0) is 57.8 Å². The zero-order chi connectivity index (χ0) is 15.8. The molecule has 2 fully saturated rings. The van der Waals surface area contributed by atoms with Crippen LogP contribution in [0, 0.1) is 63.7 Å². The summed E-state index contributed by atoms with van der Waals surface area (Å²) in [5.74, 6) is 0.621. The van der Waals surface area contributed by atoms with Crippen molar-refractivity contribution in [3.63, 3.8) is 0 Å². The Kier molecular flexibility index (Phi) is 9.31. The Hall–Kier alpha value is -1.03. The van der Waals surface area contributed by atoms with Crippen molar-refractivity contribution in [2.24, 2.45) is 0 Å². The molecule has 1 N–H and O–H groups in total. The predicted octanol–water partition coefficient (Wildman–Crippen LogP) is 0.920. The summed E-state index contributed by atoms with van der Waals surface area (Å²) in [6, 6.07) is 1.26. The van der Waals surface area contributed by atoms with Crippen molar-refractivity contribution in [3.8, 4) is 0 Å². The third-order valence-corrected chi connectivity index (χ3v) is 3.02. The Bertz CT molecular complexity index is 576. The normalized spacial score (nSPS) is 17.2. The Morgan fingerprint density at radius 1 is 0.957 bits per heavy atom. The van der Waals surface area contributed by atoms with Crippen LogP contribution in [0.15, 0.2) is 21.9 Å². The molecular formula is C17H16N2O3Ru+2. The van der Waals surface area contributed by atoms with Gasteiger partial charge >= 0.3 is 25.2 Å². The summed E-state index contributed by atoms with van der Waals surface area (Å²) in [5, 5.41) is 0. The van der Waals surface area contributed by atoms with Crippen molar-refractivity contribution in [3.05, 3.63) is 96.8 Å². The van der Waals surface area contributed by atoms with Gasteiger partial charge in [-0.15, -0.1) is 0 Å². The smallest absolute Gasteiger partial charge is 0.300 e. The molecule has 0 amide bonds. The van der Waals surface area contributed by atoms with Crippen LogP contribution in [0.5, 0.6) is 0 Å². The molecule has 1 heterocycles. The summed E-state index contributed by atoms with van der Waals surface area (Å²) in [6.07, 6.45) is 18.7. The number of aromatic amines is 1. The zero-order valence-corrected chi connectivity index (χ0v) is 14.0. The first-order valence-electron chi connectivity index (χ1n) is 6.88. The number of rotatable bonds is 4. The molecule has 2 aliphatic rings. The molecule has 0 saturated heterocycles. The molecule has 3 rings (SSSR count). The molecule has 0 spiro atoms. The molecule has 0 aromatic carbocycles. The van der Waals surface area contributed by atoms with Crippen LogP contribution in [-0.2, 0) is 30.8 Å². The summed E-state index contributed by atoms with van der Waals surface area (Å²) >= 11 is 0. The van der Waals surface area contributed by atoms with E-state index in [4.69, 9.17) is 0 Å². The third kappa shape index (κ3) is 6.94. The van der Waals surface area contributed by atoms with E-state index in [0.29, 0.717) is 5.92 Å². The van der Waals surface area contributed by atoms with Crippen molar-refractivity contribution in [1.29, 1.82) is 0 Å². The fourth-order valence-electron chi connectivity index (χ4n) is 1.87. The summed E-state index contributed by atoms with van der Waals surface area (Å²) in [5.41, 5.74) is -0.929. The first kappa shape index (κ1) is 20.0. The van der Waals surface area contributed by atoms with Crippen LogP contribution in [0.1, 0.15) is 6.42 Å². The molecule has 6 heteroatoms. The Labute approximate surface area is 149 Å². The van der Waals surface area contributed by atoms with Crippen LogP contribution in [-0.4, -0.2) is 15.3 Å². The van der Waals surface area contributed by atoms with Crippen LogP contribution in [0.4, 0.5) is 0 Å². The van der Waals surface area contributed by atoms with Crippen molar-refractivity contribution in [2.45, 2.75) is 13.0 Å². The predicted molar refractivity (Wildman–Crippen MR) is 82.9 cm³/mol. The Morgan fingerprint density at radius 2 is 1.52 bits per heavy atom. The Morgan fingerprint density at radius 3 is 2.04 bits per heavy atom. The number of aryl methyl sites for hydroxylation is 1. The average Bonchev–Trinajstić information content (AvgIpc) is 3.21. The molecule has 0 aliphatic heterocycles. The van der Waals surface area contributed by atoms with Gasteiger partial charge in [0.15, 0.2) is 0 Å². The number of aromatic nitrogens is 2. The number of hydrogen-bond donors (Lipinski definition) is 1. The van der Waals surface area contributed by atoms with Crippen LogP contribution in [0.3, 0.4) is 0 Å². The molecule has 1 aromatic heterocycles. The molecule has 0 bridgehead atoms. The van der Waals surface area contributed by atoms with E-state index in [0.717, 1.165) is 0 Å². The van der Waals surface area contributed by atoms with Gasteiger partial charge in [0, 0.05) is 31.1 Å². The van der Waals surface area contributed by atoms with E-state index in [2.05, 4.69) is 4.98 Å². The van der Waals surface area contributed by atoms with Crippen LogP contribution in [0.2, 0.25) is 0 Å². The Balaban J connectivity index is 0.000000377. The second-order valence-electron chi connectivity index (χ2n) is 4.61. The van der Waals surface area contributed by atoms with E-state index in [9.17, 15) is 14.4 Å². The molecule has 118 valence electrons. The second-order valence-corrected chi connectivity index (χ2v) is 4.61. The number of carbonyl (C=O) groups is 1. The topological polar surface area (TPSA) is 71.9 Å².